The van der Waals surface area contributed by atoms with E-state index in [2.05, 4.69) is 12.2 Å². The van der Waals surface area contributed by atoms with Gasteiger partial charge in [-0.15, -0.1) is 11.3 Å². The Kier molecular flexibility index (Phi) is 4.31. The van der Waals surface area contributed by atoms with Gasteiger partial charge in [0.25, 0.3) is 0 Å². The lowest BCUT2D eigenvalue weighted by molar-refractivity contribution is 0.465. The molecule has 2 nitrogen and oxygen atoms in total. The van der Waals surface area contributed by atoms with E-state index in [-0.39, 0.29) is 0 Å². The molecule has 0 amide bonds. The first-order chi connectivity index (χ1) is 10.2. The van der Waals surface area contributed by atoms with Gasteiger partial charge in [0.1, 0.15) is 11.6 Å². The zero-order chi connectivity index (χ0) is 14.8. The van der Waals surface area contributed by atoms with Crippen molar-refractivity contribution in [1.29, 1.82) is 0 Å². The molecule has 1 aliphatic rings. The van der Waals surface area contributed by atoms with Crippen LogP contribution in [0.3, 0.4) is 0 Å². The van der Waals surface area contributed by atoms with Crippen molar-refractivity contribution >= 4 is 11.3 Å². The third-order valence-corrected chi connectivity index (χ3v) is 4.94. The average molecular weight is 308 g/mol. The number of aryl methyl sites for hydroxylation is 1. The number of nitrogens with one attached hydrogen (secondary N) is 1. The molecule has 1 N–H and O–H groups in total. The summed E-state index contributed by atoms with van der Waals surface area (Å²) in [5.41, 5.74) is 1.63. The van der Waals surface area contributed by atoms with Gasteiger partial charge in [-0.25, -0.2) is 13.8 Å². The predicted molar refractivity (Wildman–Crippen MR) is 80.6 cm³/mol. The minimum Gasteiger partial charge on any atom is -0.309 e. The molecule has 1 aromatic heterocycles. The summed E-state index contributed by atoms with van der Waals surface area (Å²) in [4.78, 5) is 6.02. The van der Waals surface area contributed by atoms with Crippen molar-refractivity contribution in [3.05, 3.63) is 51.0 Å². The van der Waals surface area contributed by atoms with Gasteiger partial charge in [-0.05, 0) is 37.4 Å². The quantitative estimate of drug-likeness (QED) is 0.923. The lowest BCUT2D eigenvalue weighted by Crippen LogP contribution is -2.24. The number of benzene rings is 1. The van der Waals surface area contributed by atoms with Crippen LogP contribution in [0.15, 0.2) is 18.2 Å². The molecule has 5 heteroatoms. The van der Waals surface area contributed by atoms with E-state index < -0.39 is 11.6 Å². The molecule has 0 fully saturated rings. The van der Waals surface area contributed by atoms with Crippen LogP contribution in [0, 0.1) is 11.6 Å². The number of aromatic nitrogens is 1. The average Bonchev–Trinajstić information content (AvgIpc) is 2.86. The minimum atomic E-state index is -0.540. The number of nitrogens with zero attached hydrogens (tertiary/aromatic N) is 1. The Hall–Kier alpha value is -1.33. The van der Waals surface area contributed by atoms with E-state index in [0.29, 0.717) is 18.0 Å². The highest BCUT2D eigenvalue weighted by molar-refractivity contribution is 7.11. The zero-order valence-corrected chi connectivity index (χ0v) is 12.8. The molecule has 21 heavy (non-hydrogen) atoms. The summed E-state index contributed by atoms with van der Waals surface area (Å²) >= 11 is 1.66. The van der Waals surface area contributed by atoms with Gasteiger partial charge in [0.15, 0.2) is 0 Å². The lowest BCUT2D eigenvalue weighted by Gasteiger charge is -2.21. The van der Waals surface area contributed by atoms with Crippen LogP contribution in [0.5, 0.6) is 0 Å². The molecule has 1 atom stereocenters. The van der Waals surface area contributed by atoms with Crippen LogP contribution in [0.2, 0.25) is 0 Å². The van der Waals surface area contributed by atoms with Crippen LogP contribution in [0.1, 0.15) is 46.9 Å². The molecule has 0 radical (unpaired) electrons. The molecular formula is C16H18F2N2S. The van der Waals surface area contributed by atoms with Crippen LogP contribution < -0.4 is 5.32 Å². The van der Waals surface area contributed by atoms with E-state index in [4.69, 9.17) is 4.98 Å². The maximum Gasteiger partial charge on any atom is 0.129 e. The fraction of sp³-hybridized carbons (Fsp3) is 0.438. The molecule has 1 aromatic carbocycles. The first-order valence-electron chi connectivity index (χ1n) is 7.33. The Bertz CT molecular complexity index is 639. The van der Waals surface area contributed by atoms with Crippen LogP contribution in [0.25, 0.3) is 0 Å². The molecule has 1 heterocycles. The molecule has 1 unspecified atom stereocenters. The lowest BCUT2D eigenvalue weighted by atomic mass is 9.97. The maximum atomic E-state index is 13.7. The first kappa shape index (κ1) is 14.6. The van der Waals surface area contributed by atoms with E-state index in [9.17, 15) is 8.78 Å². The van der Waals surface area contributed by atoms with Gasteiger partial charge in [0.2, 0.25) is 0 Å². The van der Waals surface area contributed by atoms with Gasteiger partial charge in [-0.3, -0.25) is 0 Å². The smallest absolute Gasteiger partial charge is 0.129 e. The Labute approximate surface area is 127 Å². The van der Waals surface area contributed by atoms with E-state index >= 15 is 0 Å². The summed E-state index contributed by atoms with van der Waals surface area (Å²) in [6, 6.07) is 4.06. The van der Waals surface area contributed by atoms with E-state index in [1.165, 1.54) is 17.0 Å². The van der Waals surface area contributed by atoms with E-state index in [1.807, 2.05) is 0 Å². The Morgan fingerprint density at radius 1 is 1.38 bits per heavy atom. The number of hydrogen-bond donors (Lipinski definition) is 1. The molecule has 0 saturated carbocycles. The number of rotatable bonds is 4. The van der Waals surface area contributed by atoms with Crippen LogP contribution >= 0.6 is 11.3 Å². The summed E-state index contributed by atoms with van der Waals surface area (Å²) in [7, 11) is 0. The third-order valence-electron chi connectivity index (χ3n) is 3.81. The topological polar surface area (TPSA) is 24.9 Å². The minimum absolute atomic E-state index is 0.321. The van der Waals surface area contributed by atoms with E-state index in [1.54, 1.807) is 11.3 Å². The number of halogens is 2. The monoisotopic (exact) mass is 308 g/mol. The first-order valence-corrected chi connectivity index (χ1v) is 8.14. The van der Waals surface area contributed by atoms with Gasteiger partial charge in [0.05, 0.1) is 16.7 Å². The molecule has 112 valence electrons. The third kappa shape index (κ3) is 3.14. The molecule has 2 aromatic rings. The van der Waals surface area contributed by atoms with E-state index in [0.717, 1.165) is 42.6 Å². The summed E-state index contributed by atoms with van der Waals surface area (Å²) in [6.45, 7) is 3.01. The zero-order valence-electron chi connectivity index (χ0n) is 12.0. The fourth-order valence-electron chi connectivity index (χ4n) is 2.82. The highest BCUT2D eigenvalue weighted by atomic mass is 32.1. The summed E-state index contributed by atoms with van der Waals surface area (Å²) < 4.78 is 26.7. The van der Waals surface area contributed by atoms with Crippen molar-refractivity contribution in [2.24, 2.45) is 0 Å². The highest BCUT2D eigenvalue weighted by Gasteiger charge is 2.24. The van der Waals surface area contributed by atoms with Crippen molar-refractivity contribution in [1.82, 2.24) is 10.3 Å². The van der Waals surface area contributed by atoms with Crippen molar-refractivity contribution in [3.8, 4) is 0 Å². The number of thiazole rings is 1. The van der Waals surface area contributed by atoms with Crippen molar-refractivity contribution in [3.63, 3.8) is 0 Å². The van der Waals surface area contributed by atoms with Gasteiger partial charge in [-0.1, -0.05) is 13.0 Å². The maximum absolute atomic E-state index is 13.7. The normalized spacial score (nSPS) is 17.8. The molecule has 3 rings (SSSR count). The SMILES string of the molecule is CCNC1CCCc2sc(Cc3ccc(F)cc3F)nc21. The molecule has 1 aliphatic carbocycles. The van der Waals surface area contributed by atoms with Crippen LogP contribution in [0.4, 0.5) is 8.78 Å². The highest BCUT2D eigenvalue weighted by Crippen LogP contribution is 2.34. The number of fused-ring (bicyclic) bond motifs is 1. The van der Waals surface area contributed by atoms with Gasteiger partial charge >= 0.3 is 0 Å². The Morgan fingerprint density at radius 3 is 3.00 bits per heavy atom. The van der Waals surface area contributed by atoms with Crippen molar-refractivity contribution < 1.29 is 8.78 Å². The largest absolute Gasteiger partial charge is 0.309 e. The standard InChI is InChI=1S/C16H18F2N2S/c1-2-19-13-4-3-5-14-16(13)20-15(21-14)8-10-6-7-11(17)9-12(10)18/h6-7,9,13,19H,2-5,8H2,1H3. The molecule has 0 aliphatic heterocycles. The number of hydrogen-bond acceptors (Lipinski definition) is 3. The molecule has 0 saturated heterocycles. The molecule has 0 spiro atoms. The van der Waals surface area contributed by atoms with Crippen molar-refractivity contribution in [2.75, 3.05) is 6.54 Å². The summed E-state index contributed by atoms with van der Waals surface area (Å²) in [6.07, 6.45) is 3.76. The summed E-state index contributed by atoms with van der Waals surface area (Å²) in [5.74, 6) is -1.03. The van der Waals surface area contributed by atoms with Crippen LogP contribution in [-0.2, 0) is 12.8 Å². The predicted octanol–water partition coefficient (Wildman–Crippen LogP) is 4.00. The second-order valence-electron chi connectivity index (χ2n) is 5.33. The van der Waals surface area contributed by atoms with Crippen LogP contribution in [-0.4, -0.2) is 11.5 Å². The second-order valence-corrected chi connectivity index (χ2v) is 6.50. The van der Waals surface area contributed by atoms with Gasteiger partial charge in [0, 0.05) is 17.4 Å². The fourth-order valence-corrected chi connectivity index (χ4v) is 4.01. The Balaban J connectivity index is 1.84. The second kappa shape index (κ2) is 6.20. The van der Waals surface area contributed by atoms with Gasteiger partial charge in [-0.2, -0.15) is 0 Å². The van der Waals surface area contributed by atoms with Crippen molar-refractivity contribution in [2.45, 2.75) is 38.6 Å². The van der Waals surface area contributed by atoms with Gasteiger partial charge < -0.3 is 5.32 Å². The molecular weight excluding hydrogens is 290 g/mol. The summed E-state index contributed by atoms with van der Waals surface area (Å²) in [5, 5.41) is 4.37. The molecule has 0 bridgehead atoms. The Morgan fingerprint density at radius 2 is 2.24 bits per heavy atom.